The van der Waals surface area contributed by atoms with E-state index < -0.39 is 0 Å². The molecule has 2 aliphatic heterocycles. The van der Waals surface area contributed by atoms with E-state index in [0.29, 0.717) is 13.2 Å². The van der Waals surface area contributed by atoms with Gasteiger partial charge in [0, 0.05) is 18.8 Å². The Morgan fingerprint density at radius 2 is 2.11 bits per heavy atom. The molecule has 0 aliphatic carbocycles. The van der Waals surface area contributed by atoms with E-state index in [1.807, 2.05) is 53.4 Å². The van der Waals surface area contributed by atoms with Gasteiger partial charge in [0.1, 0.15) is 18.5 Å². The fourth-order valence-corrected chi connectivity index (χ4v) is 3.77. The molecule has 2 aromatic rings. The fraction of sp³-hybridized carbons (Fsp3) is 0.409. The van der Waals surface area contributed by atoms with Gasteiger partial charge >= 0.3 is 0 Å². The lowest BCUT2D eigenvalue weighted by atomic mass is 10.0. The number of para-hydroxylation sites is 1. The number of benzene rings is 2. The standard InChI is InChI=1S/C22H26N2O3/c1-2-12-24-21(23-20-11-4-3-10-19(20)22(24)25)16-7-5-8-17(14-16)27-15-18-9-6-13-26-18/h3-5,7-8,10-11,14,18,21,23H,2,6,9,12-13,15H2,1H3. The van der Waals surface area contributed by atoms with Crippen molar-refractivity contribution in [1.82, 2.24) is 4.90 Å². The summed E-state index contributed by atoms with van der Waals surface area (Å²) in [5.74, 6) is 0.884. The van der Waals surface area contributed by atoms with Gasteiger partial charge in [-0.25, -0.2) is 0 Å². The number of hydrogen-bond donors (Lipinski definition) is 1. The van der Waals surface area contributed by atoms with E-state index >= 15 is 0 Å². The average Bonchev–Trinajstić information content (AvgIpc) is 3.22. The molecule has 27 heavy (non-hydrogen) atoms. The maximum Gasteiger partial charge on any atom is 0.257 e. The van der Waals surface area contributed by atoms with Crippen molar-refractivity contribution in [3.63, 3.8) is 0 Å². The molecule has 2 heterocycles. The van der Waals surface area contributed by atoms with Gasteiger partial charge < -0.3 is 19.7 Å². The van der Waals surface area contributed by atoms with Crippen LogP contribution in [0.3, 0.4) is 0 Å². The monoisotopic (exact) mass is 366 g/mol. The SMILES string of the molecule is CCCN1C(=O)c2ccccc2NC1c1cccc(OCC2CCCO2)c1. The molecule has 0 bridgehead atoms. The zero-order valence-corrected chi connectivity index (χ0v) is 15.7. The Kier molecular flexibility index (Phi) is 5.30. The molecule has 0 radical (unpaired) electrons. The predicted octanol–water partition coefficient (Wildman–Crippen LogP) is 4.22. The molecule has 142 valence electrons. The van der Waals surface area contributed by atoms with Crippen LogP contribution in [0.1, 0.15) is 48.3 Å². The van der Waals surface area contributed by atoms with Gasteiger partial charge in [-0.3, -0.25) is 4.79 Å². The number of fused-ring (bicyclic) bond motifs is 1. The van der Waals surface area contributed by atoms with Gasteiger partial charge in [0.05, 0.1) is 11.7 Å². The largest absolute Gasteiger partial charge is 0.491 e. The van der Waals surface area contributed by atoms with E-state index in [2.05, 4.69) is 12.2 Å². The zero-order valence-electron chi connectivity index (χ0n) is 15.7. The van der Waals surface area contributed by atoms with Crippen molar-refractivity contribution in [2.45, 2.75) is 38.5 Å². The summed E-state index contributed by atoms with van der Waals surface area (Å²) in [6, 6.07) is 15.7. The first kappa shape index (κ1) is 17.9. The number of nitrogens with one attached hydrogen (secondary N) is 1. The number of hydrogen-bond acceptors (Lipinski definition) is 4. The van der Waals surface area contributed by atoms with Gasteiger partial charge in [-0.15, -0.1) is 0 Å². The van der Waals surface area contributed by atoms with Crippen LogP contribution < -0.4 is 10.1 Å². The molecule has 4 rings (SSSR count). The number of carbonyl (C=O) groups excluding carboxylic acids is 1. The van der Waals surface area contributed by atoms with Crippen LogP contribution in [0.5, 0.6) is 5.75 Å². The van der Waals surface area contributed by atoms with Crippen LogP contribution >= 0.6 is 0 Å². The Labute approximate surface area is 160 Å². The lowest BCUT2D eigenvalue weighted by molar-refractivity contribution is 0.0671. The number of rotatable bonds is 6. The topological polar surface area (TPSA) is 50.8 Å². The van der Waals surface area contributed by atoms with Crippen LogP contribution in [0.2, 0.25) is 0 Å². The van der Waals surface area contributed by atoms with Crippen LogP contribution in [0.15, 0.2) is 48.5 Å². The van der Waals surface area contributed by atoms with Crippen molar-refractivity contribution in [1.29, 1.82) is 0 Å². The van der Waals surface area contributed by atoms with Gasteiger partial charge in [0.25, 0.3) is 5.91 Å². The molecule has 5 heteroatoms. The minimum atomic E-state index is -0.196. The highest BCUT2D eigenvalue weighted by molar-refractivity contribution is 6.01. The minimum Gasteiger partial charge on any atom is -0.491 e. The van der Waals surface area contributed by atoms with Crippen molar-refractivity contribution >= 4 is 11.6 Å². The first-order chi connectivity index (χ1) is 13.3. The molecule has 0 saturated carbocycles. The smallest absolute Gasteiger partial charge is 0.257 e. The van der Waals surface area contributed by atoms with Crippen LogP contribution in [0, 0.1) is 0 Å². The molecule has 1 fully saturated rings. The lowest BCUT2D eigenvalue weighted by Crippen LogP contribution is -2.43. The molecule has 2 unspecified atom stereocenters. The van der Waals surface area contributed by atoms with Crippen molar-refractivity contribution in [2.75, 3.05) is 25.1 Å². The first-order valence-electron chi connectivity index (χ1n) is 9.77. The summed E-state index contributed by atoms with van der Waals surface area (Å²) in [5.41, 5.74) is 2.63. The maximum absolute atomic E-state index is 13.0. The van der Waals surface area contributed by atoms with Crippen LogP contribution in [0.4, 0.5) is 5.69 Å². The predicted molar refractivity (Wildman–Crippen MR) is 105 cm³/mol. The van der Waals surface area contributed by atoms with Crippen molar-refractivity contribution in [3.8, 4) is 5.75 Å². The van der Waals surface area contributed by atoms with Crippen molar-refractivity contribution in [2.24, 2.45) is 0 Å². The van der Waals surface area contributed by atoms with Crippen LogP contribution in [0.25, 0.3) is 0 Å². The third-order valence-corrected chi connectivity index (χ3v) is 5.12. The number of carbonyl (C=O) groups is 1. The fourth-order valence-electron chi connectivity index (χ4n) is 3.77. The molecule has 1 N–H and O–H groups in total. The maximum atomic E-state index is 13.0. The lowest BCUT2D eigenvalue weighted by Gasteiger charge is -2.38. The van der Waals surface area contributed by atoms with E-state index in [4.69, 9.17) is 9.47 Å². The summed E-state index contributed by atoms with van der Waals surface area (Å²) in [5, 5.41) is 3.53. The highest BCUT2D eigenvalue weighted by Crippen LogP contribution is 2.34. The zero-order chi connectivity index (χ0) is 18.6. The van der Waals surface area contributed by atoms with E-state index in [1.54, 1.807) is 0 Å². The molecule has 5 nitrogen and oxygen atoms in total. The van der Waals surface area contributed by atoms with E-state index in [-0.39, 0.29) is 18.2 Å². The number of amides is 1. The van der Waals surface area contributed by atoms with E-state index in [0.717, 1.165) is 48.4 Å². The normalized spacial score (nSPS) is 21.7. The minimum absolute atomic E-state index is 0.0712. The second kappa shape index (κ2) is 8.01. The molecule has 0 spiro atoms. The quantitative estimate of drug-likeness (QED) is 0.832. The van der Waals surface area contributed by atoms with Gasteiger partial charge in [0.2, 0.25) is 0 Å². The summed E-state index contributed by atoms with van der Waals surface area (Å²) in [7, 11) is 0. The second-order valence-corrected chi connectivity index (χ2v) is 7.11. The third kappa shape index (κ3) is 3.78. The molecular weight excluding hydrogens is 340 g/mol. The van der Waals surface area contributed by atoms with E-state index in [9.17, 15) is 4.79 Å². The number of nitrogens with zero attached hydrogens (tertiary/aromatic N) is 1. The molecule has 2 aliphatic rings. The summed E-state index contributed by atoms with van der Waals surface area (Å²) >= 11 is 0. The summed E-state index contributed by atoms with van der Waals surface area (Å²) in [6.45, 7) is 4.19. The summed E-state index contributed by atoms with van der Waals surface area (Å²) < 4.78 is 11.6. The molecule has 0 aromatic heterocycles. The van der Waals surface area contributed by atoms with Gasteiger partial charge in [-0.05, 0) is 49.1 Å². The molecule has 2 aromatic carbocycles. The van der Waals surface area contributed by atoms with Crippen LogP contribution in [-0.4, -0.2) is 36.7 Å². The Hall–Kier alpha value is -2.53. The van der Waals surface area contributed by atoms with E-state index in [1.165, 1.54) is 0 Å². The van der Waals surface area contributed by atoms with Gasteiger partial charge in [-0.2, -0.15) is 0 Å². The number of ether oxygens (including phenoxy) is 2. The molecule has 2 atom stereocenters. The van der Waals surface area contributed by atoms with Gasteiger partial charge in [-0.1, -0.05) is 31.2 Å². The average molecular weight is 366 g/mol. The molecule has 1 saturated heterocycles. The Morgan fingerprint density at radius 3 is 2.93 bits per heavy atom. The Morgan fingerprint density at radius 1 is 1.22 bits per heavy atom. The first-order valence-corrected chi connectivity index (χ1v) is 9.77. The Balaban J connectivity index is 1.57. The van der Waals surface area contributed by atoms with Gasteiger partial charge in [0.15, 0.2) is 0 Å². The highest BCUT2D eigenvalue weighted by atomic mass is 16.5. The molecular formula is C22H26N2O3. The summed E-state index contributed by atoms with van der Waals surface area (Å²) in [4.78, 5) is 14.9. The second-order valence-electron chi connectivity index (χ2n) is 7.11. The summed E-state index contributed by atoms with van der Waals surface area (Å²) in [6.07, 6.45) is 3.05. The van der Waals surface area contributed by atoms with Crippen LogP contribution in [-0.2, 0) is 4.74 Å². The Bertz CT molecular complexity index is 802. The van der Waals surface area contributed by atoms with Crippen molar-refractivity contribution in [3.05, 3.63) is 59.7 Å². The molecule has 1 amide bonds. The third-order valence-electron chi connectivity index (χ3n) is 5.12. The number of anilines is 1. The van der Waals surface area contributed by atoms with Crippen molar-refractivity contribution < 1.29 is 14.3 Å². The highest BCUT2D eigenvalue weighted by Gasteiger charge is 2.32.